The van der Waals surface area contributed by atoms with E-state index in [0.717, 1.165) is 16.8 Å². The molecular weight excluding hydrogens is 295 g/mol. The van der Waals surface area contributed by atoms with Gasteiger partial charge in [-0.2, -0.15) is 0 Å². The largest absolute Gasteiger partial charge is 0.381 e. The molecule has 0 radical (unpaired) electrons. The molecule has 0 unspecified atom stereocenters. The maximum absolute atomic E-state index is 14.0. The van der Waals surface area contributed by atoms with Crippen LogP contribution in [0.1, 0.15) is 16.7 Å². The molecule has 0 aliphatic carbocycles. The predicted molar refractivity (Wildman–Crippen MR) is 85.7 cm³/mol. The summed E-state index contributed by atoms with van der Waals surface area (Å²) in [4.78, 5) is 16.2. The summed E-state index contributed by atoms with van der Waals surface area (Å²) in [6.45, 7) is 1.94. The molecule has 23 heavy (non-hydrogen) atoms. The van der Waals surface area contributed by atoms with Crippen LogP contribution in [0.25, 0.3) is 0 Å². The fraction of sp³-hybridized carbons (Fsp3) is 0.125. The van der Waals surface area contributed by atoms with E-state index in [-0.39, 0.29) is 5.82 Å². The Hall–Kier alpha value is -3.09. The molecule has 6 nitrogen and oxygen atoms in total. The smallest absolute Gasteiger partial charge is 0.227 e. The van der Waals surface area contributed by atoms with E-state index < -0.39 is 5.82 Å². The average molecular weight is 310 g/mol. The van der Waals surface area contributed by atoms with Gasteiger partial charge in [-0.05, 0) is 35.7 Å². The third kappa shape index (κ3) is 3.23. The van der Waals surface area contributed by atoms with Gasteiger partial charge in [0.05, 0.1) is 11.9 Å². The summed E-state index contributed by atoms with van der Waals surface area (Å²) in [5.41, 5.74) is 8.60. The quantitative estimate of drug-likeness (QED) is 0.770. The zero-order valence-electron chi connectivity index (χ0n) is 12.5. The molecule has 0 aromatic carbocycles. The fourth-order valence-corrected chi connectivity index (χ4v) is 2.20. The molecule has 3 heterocycles. The Morgan fingerprint density at radius 1 is 1.09 bits per heavy atom. The monoisotopic (exact) mass is 310 g/mol. The van der Waals surface area contributed by atoms with Gasteiger partial charge in [-0.15, -0.1) is 0 Å². The van der Waals surface area contributed by atoms with E-state index in [9.17, 15) is 4.39 Å². The number of aromatic nitrogens is 4. The number of nitrogens with one attached hydrogen (secondary N) is 1. The summed E-state index contributed by atoms with van der Waals surface area (Å²) in [6.07, 6.45) is 8.57. The van der Waals surface area contributed by atoms with Gasteiger partial charge in [-0.3, -0.25) is 4.98 Å². The Morgan fingerprint density at radius 2 is 1.87 bits per heavy atom. The van der Waals surface area contributed by atoms with E-state index in [1.54, 1.807) is 36.9 Å². The molecule has 0 atom stereocenters. The highest BCUT2D eigenvalue weighted by Gasteiger charge is 2.11. The van der Waals surface area contributed by atoms with Crippen molar-refractivity contribution in [3.05, 3.63) is 65.6 Å². The highest BCUT2D eigenvalue weighted by Crippen LogP contribution is 2.23. The molecule has 116 valence electrons. The van der Waals surface area contributed by atoms with Crippen molar-refractivity contribution in [1.29, 1.82) is 0 Å². The van der Waals surface area contributed by atoms with Crippen molar-refractivity contribution < 1.29 is 4.39 Å². The number of nitrogens with zero attached hydrogens (tertiary/aromatic N) is 4. The van der Waals surface area contributed by atoms with Crippen LogP contribution < -0.4 is 11.1 Å². The minimum atomic E-state index is -0.489. The first-order chi connectivity index (χ1) is 11.1. The van der Waals surface area contributed by atoms with Crippen molar-refractivity contribution in [3.8, 4) is 0 Å². The number of hydrogen-bond donors (Lipinski definition) is 2. The van der Waals surface area contributed by atoms with Gasteiger partial charge in [0, 0.05) is 31.2 Å². The number of nitrogen functional groups attached to an aromatic ring is 1. The Bertz CT molecular complexity index is 822. The van der Waals surface area contributed by atoms with Gasteiger partial charge in [-0.1, -0.05) is 0 Å². The molecular formula is C16H15FN6. The minimum absolute atomic E-state index is 0.0972. The molecule has 0 saturated carbocycles. The lowest BCUT2D eigenvalue weighted by Gasteiger charge is -2.12. The van der Waals surface area contributed by atoms with Crippen LogP contribution in [-0.4, -0.2) is 19.9 Å². The van der Waals surface area contributed by atoms with E-state index in [1.165, 1.54) is 6.20 Å². The van der Waals surface area contributed by atoms with Gasteiger partial charge in [0.25, 0.3) is 0 Å². The lowest BCUT2D eigenvalue weighted by Crippen LogP contribution is -2.04. The molecule has 0 saturated heterocycles. The molecule has 0 fully saturated rings. The first kappa shape index (κ1) is 14.8. The van der Waals surface area contributed by atoms with E-state index in [0.29, 0.717) is 17.9 Å². The van der Waals surface area contributed by atoms with Gasteiger partial charge < -0.3 is 11.1 Å². The van der Waals surface area contributed by atoms with Crippen LogP contribution in [0.15, 0.2) is 43.1 Å². The predicted octanol–water partition coefficient (Wildman–Crippen LogP) is 2.63. The summed E-state index contributed by atoms with van der Waals surface area (Å²) < 4.78 is 14.0. The number of nitrogens with two attached hydrogens (primary N) is 1. The Balaban J connectivity index is 1.89. The minimum Gasteiger partial charge on any atom is -0.381 e. The van der Waals surface area contributed by atoms with Crippen molar-refractivity contribution in [2.24, 2.45) is 0 Å². The lowest BCUT2D eigenvalue weighted by atomic mass is 10.0. The van der Waals surface area contributed by atoms with Crippen LogP contribution in [0.2, 0.25) is 0 Å². The first-order valence-corrected chi connectivity index (χ1v) is 7.01. The Labute approximate surface area is 132 Å². The maximum Gasteiger partial charge on any atom is 0.227 e. The molecule has 3 rings (SSSR count). The van der Waals surface area contributed by atoms with Crippen LogP contribution in [0.4, 0.5) is 21.8 Å². The van der Waals surface area contributed by atoms with Crippen LogP contribution in [0.5, 0.6) is 0 Å². The second kappa shape index (κ2) is 6.35. The van der Waals surface area contributed by atoms with Crippen LogP contribution in [0, 0.1) is 12.7 Å². The van der Waals surface area contributed by atoms with Gasteiger partial charge in [0.2, 0.25) is 5.95 Å². The van der Waals surface area contributed by atoms with E-state index >= 15 is 0 Å². The SMILES string of the molecule is Cc1c(Cc2ccnc(N)c2F)cncc1Nc1ncccn1. The van der Waals surface area contributed by atoms with Gasteiger partial charge in [0.1, 0.15) is 0 Å². The van der Waals surface area contributed by atoms with Crippen molar-refractivity contribution in [1.82, 2.24) is 19.9 Å². The molecule has 3 N–H and O–H groups in total. The van der Waals surface area contributed by atoms with Crippen molar-refractivity contribution in [2.45, 2.75) is 13.3 Å². The summed E-state index contributed by atoms with van der Waals surface area (Å²) in [5.74, 6) is -0.106. The van der Waals surface area contributed by atoms with Gasteiger partial charge in [0.15, 0.2) is 11.6 Å². The summed E-state index contributed by atoms with van der Waals surface area (Å²) >= 11 is 0. The van der Waals surface area contributed by atoms with Crippen LogP contribution >= 0.6 is 0 Å². The molecule has 3 aromatic heterocycles. The van der Waals surface area contributed by atoms with Crippen molar-refractivity contribution >= 4 is 17.5 Å². The first-order valence-electron chi connectivity index (χ1n) is 7.01. The van der Waals surface area contributed by atoms with Crippen molar-refractivity contribution in [3.63, 3.8) is 0 Å². The zero-order chi connectivity index (χ0) is 16.2. The number of halogens is 1. The number of pyridine rings is 2. The lowest BCUT2D eigenvalue weighted by molar-refractivity contribution is 0.613. The standard InChI is InChI=1S/C16H15FN6/c1-10-12(7-11-3-6-20-15(18)14(11)17)8-19-9-13(10)23-16-21-4-2-5-22-16/h2-6,8-9H,7H2,1H3,(H2,18,20)(H,21,22,23). The van der Waals surface area contributed by atoms with Crippen LogP contribution in [0.3, 0.4) is 0 Å². The second-order valence-corrected chi connectivity index (χ2v) is 5.01. The van der Waals surface area contributed by atoms with Crippen molar-refractivity contribution in [2.75, 3.05) is 11.1 Å². The van der Waals surface area contributed by atoms with E-state index in [2.05, 4.69) is 25.3 Å². The van der Waals surface area contributed by atoms with E-state index in [4.69, 9.17) is 5.73 Å². The normalized spacial score (nSPS) is 10.5. The highest BCUT2D eigenvalue weighted by molar-refractivity contribution is 5.59. The number of hydrogen-bond acceptors (Lipinski definition) is 6. The topological polar surface area (TPSA) is 89.6 Å². The van der Waals surface area contributed by atoms with Crippen LogP contribution in [-0.2, 0) is 6.42 Å². The maximum atomic E-state index is 14.0. The number of anilines is 3. The second-order valence-electron chi connectivity index (χ2n) is 5.01. The third-order valence-electron chi connectivity index (χ3n) is 3.51. The molecule has 3 aromatic rings. The molecule has 0 spiro atoms. The van der Waals surface area contributed by atoms with Gasteiger partial charge >= 0.3 is 0 Å². The summed E-state index contributed by atoms with van der Waals surface area (Å²) in [6, 6.07) is 3.36. The molecule has 0 bridgehead atoms. The van der Waals surface area contributed by atoms with Gasteiger partial charge in [-0.25, -0.2) is 19.3 Å². The Morgan fingerprint density at radius 3 is 2.65 bits per heavy atom. The fourth-order valence-electron chi connectivity index (χ4n) is 2.20. The molecule has 0 aliphatic heterocycles. The average Bonchev–Trinajstić information content (AvgIpc) is 2.56. The highest BCUT2D eigenvalue weighted by atomic mass is 19.1. The molecule has 0 amide bonds. The zero-order valence-corrected chi connectivity index (χ0v) is 12.5. The van der Waals surface area contributed by atoms with E-state index in [1.807, 2.05) is 6.92 Å². The molecule has 0 aliphatic rings. The Kier molecular flexibility index (Phi) is 4.09. The molecule has 7 heteroatoms. The number of rotatable bonds is 4. The summed E-state index contributed by atoms with van der Waals surface area (Å²) in [5, 5.41) is 3.11. The third-order valence-corrected chi connectivity index (χ3v) is 3.51. The summed E-state index contributed by atoms with van der Waals surface area (Å²) in [7, 11) is 0.